The molecule has 1 atom stereocenters. The molecule has 0 amide bonds. The normalized spacial score (nSPS) is 14.2. The van der Waals surface area contributed by atoms with Crippen molar-refractivity contribution < 1.29 is 13.2 Å². The fourth-order valence-electron chi connectivity index (χ4n) is 1.24. The maximum Gasteiger partial charge on any atom is 0.431 e. The van der Waals surface area contributed by atoms with Crippen LogP contribution in [0.3, 0.4) is 0 Å². The van der Waals surface area contributed by atoms with E-state index in [2.05, 4.69) is 10.3 Å². The maximum atomic E-state index is 12.2. The van der Waals surface area contributed by atoms with Crippen LogP contribution in [-0.2, 0) is 6.18 Å². The van der Waals surface area contributed by atoms with Crippen LogP contribution in [0, 0.1) is 0 Å². The standard InChI is InChI=1S/C9H14F3N3/c1-6(14-3-2-13)7-4-8(15-5-7)9(10,11)12/h4-6,14-15H,2-3,13H2,1H3. The Kier molecular flexibility index (Phi) is 3.76. The zero-order chi connectivity index (χ0) is 11.5. The molecule has 4 N–H and O–H groups in total. The Morgan fingerprint density at radius 3 is 2.67 bits per heavy atom. The molecule has 0 aliphatic rings. The molecule has 6 heteroatoms. The zero-order valence-electron chi connectivity index (χ0n) is 8.36. The predicted octanol–water partition coefficient (Wildman–Crippen LogP) is 1.64. The first-order valence-corrected chi connectivity index (χ1v) is 4.64. The van der Waals surface area contributed by atoms with E-state index in [1.807, 2.05) is 0 Å². The molecule has 0 saturated heterocycles. The van der Waals surface area contributed by atoms with E-state index < -0.39 is 11.9 Å². The third-order valence-corrected chi connectivity index (χ3v) is 2.11. The predicted molar refractivity (Wildman–Crippen MR) is 51.3 cm³/mol. The molecule has 3 nitrogen and oxygen atoms in total. The Balaban J connectivity index is 2.67. The van der Waals surface area contributed by atoms with E-state index in [9.17, 15) is 13.2 Å². The van der Waals surface area contributed by atoms with E-state index in [1.54, 1.807) is 6.92 Å². The first-order chi connectivity index (χ1) is 6.95. The summed E-state index contributed by atoms with van der Waals surface area (Å²) in [4.78, 5) is 2.21. The number of aromatic amines is 1. The van der Waals surface area contributed by atoms with E-state index in [-0.39, 0.29) is 6.04 Å². The third-order valence-electron chi connectivity index (χ3n) is 2.11. The molecule has 0 saturated carbocycles. The third kappa shape index (κ3) is 3.24. The van der Waals surface area contributed by atoms with Crippen LogP contribution in [0.25, 0.3) is 0 Å². The molecular weight excluding hydrogens is 207 g/mol. The molecule has 0 spiro atoms. The molecule has 1 rings (SSSR count). The molecule has 0 aliphatic carbocycles. The van der Waals surface area contributed by atoms with Crippen molar-refractivity contribution in [1.29, 1.82) is 0 Å². The maximum absolute atomic E-state index is 12.2. The lowest BCUT2D eigenvalue weighted by molar-refractivity contribution is -0.140. The van der Waals surface area contributed by atoms with Gasteiger partial charge < -0.3 is 16.0 Å². The summed E-state index contributed by atoms with van der Waals surface area (Å²) in [6.45, 7) is 2.83. The Morgan fingerprint density at radius 2 is 2.20 bits per heavy atom. The Hall–Kier alpha value is -1.01. The Bertz CT molecular complexity index is 306. The summed E-state index contributed by atoms with van der Waals surface area (Å²) in [7, 11) is 0. The topological polar surface area (TPSA) is 53.8 Å². The number of hydrogen-bond donors (Lipinski definition) is 3. The molecule has 0 bridgehead atoms. The fourth-order valence-corrected chi connectivity index (χ4v) is 1.24. The highest BCUT2D eigenvalue weighted by Gasteiger charge is 2.32. The number of H-pyrrole nitrogens is 1. The van der Waals surface area contributed by atoms with Gasteiger partial charge in [-0.3, -0.25) is 0 Å². The number of rotatable bonds is 4. The summed E-state index contributed by atoms with van der Waals surface area (Å²) < 4.78 is 36.7. The summed E-state index contributed by atoms with van der Waals surface area (Å²) in [6, 6.07) is 0.967. The van der Waals surface area contributed by atoms with Gasteiger partial charge >= 0.3 is 6.18 Å². The molecule has 0 fully saturated rings. The van der Waals surface area contributed by atoms with Gasteiger partial charge in [0.2, 0.25) is 0 Å². The minimum Gasteiger partial charge on any atom is -0.357 e. The monoisotopic (exact) mass is 221 g/mol. The van der Waals surface area contributed by atoms with Crippen LogP contribution in [0.5, 0.6) is 0 Å². The number of nitrogens with one attached hydrogen (secondary N) is 2. The van der Waals surface area contributed by atoms with Gasteiger partial charge in [-0.05, 0) is 18.6 Å². The van der Waals surface area contributed by atoms with Gasteiger partial charge in [-0.1, -0.05) is 0 Å². The Labute approximate surface area is 85.9 Å². The van der Waals surface area contributed by atoms with E-state index in [4.69, 9.17) is 5.73 Å². The summed E-state index contributed by atoms with van der Waals surface area (Å²) >= 11 is 0. The second-order valence-electron chi connectivity index (χ2n) is 3.31. The van der Waals surface area contributed by atoms with Crippen molar-refractivity contribution in [2.24, 2.45) is 5.73 Å². The van der Waals surface area contributed by atoms with E-state index >= 15 is 0 Å². The summed E-state index contributed by atoms with van der Waals surface area (Å²) in [5.41, 5.74) is 5.14. The molecule has 1 heterocycles. The summed E-state index contributed by atoms with van der Waals surface area (Å²) in [6.07, 6.45) is -2.96. The number of alkyl halides is 3. The van der Waals surface area contributed by atoms with E-state index in [0.717, 1.165) is 6.07 Å². The highest BCUT2D eigenvalue weighted by Crippen LogP contribution is 2.29. The van der Waals surface area contributed by atoms with Gasteiger partial charge in [-0.2, -0.15) is 13.2 Å². The number of halogens is 3. The van der Waals surface area contributed by atoms with Crippen molar-refractivity contribution in [3.8, 4) is 0 Å². The van der Waals surface area contributed by atoms with Gasteiger partial charge in [-0.25, -0.2) is 0 Å². The van der Waals surface area contributed by atoms with Crippen LogP contribution < -0.4 is 11.1 Å². The van der Waals surface area contributed by atoms with Crippen LogP contribution in [0.4, 0.5) is 13.2 Å². The average Bonchev–Trinajstić information content (AvgIpc) is 2.62. The summed E-state index contributed by atoms with van der Waals surface area (Å²) in [5, 5.41) is 3.00. The minimum atomic E-state index is -4.31. The van der Waals surface area contributed by atoms with Gasteiger partial charge in [0.25, 0.3) is 0 Å². The summed E-state index contributed by atoms with van der Waals surface area (Å²) in [5.74, 6) is 0. The quantitative estimate of drug-likeness (QED) is 0.724. The van der Waals surface area contributed by atoms with Crippen molar-refractivity contribution in [2.45, 2.75) is 19.1 Å². The fraction of sp³-hybridized carbons (Fsp3) is 0.556. The van der Waals surface area contributed by atoms with Gasteiger partial charge in [0.05, 0.1) is 0 Å². The second-order valence-corrected chi connectivity index (χ2v) is 3.31. The molecule has 1 aromatic heterocycles. The molecule has 0 radical (unpaired) electrons. The molecule has 1 unspecified atom stereocenters. The number of aromatic nitrogens is 1. The van der Waals surface area contributed by atoms with Crippen LogP contribution in [0.1, 0.15) is 24.2 Å². The van der Waals surface area contributed by atoms with Crippen molar-refractivity contribution >= 4 is 0 Å². The lowest BCUT2D eigenvalue weighted by Crippen LogP contribution is -2.25. The van der Waals surface area contributed by atoms with Crippen LogP contribution in [-0.4, -0.2) is 18.1 Å². The zero-order valence-corrected chi connectivity index (χ0v) is 8.36. The number of nitrogens with two attached hydrogens (primary N) is 1. The van der Waals surface area contributed by atoms with Crippen LogP contribution in [0.2, 0.25) is 0 Å². The smallest absolute Gasteiger partial charge is 0.357 e. The van der Waals surface area contributed by atoms with Gasteiger partial charge in [-0.15, -0.1) is 0 Å². The number of hydrogen-bond acceptors (Lipinski definition) is 2. The SMILES string of the molecule is CC(NCCN)c1c[nH]c(C(F)(F)F)c1. The molecule has 1 aromatic rings. The average molecular weight is 221 g/mol. The van der Waals surface area contributed by atoms with E-state index in [0.29, 0.717) is 18.7 Å². The first kappa shape index (κ1) is 12.1. The largest absolute Gasteiger partial charge is 0.431 e. The van der Waals surface area contributed by atoms with Gasteiger partial charge in [0, 0.05) is 25.3 Å². The second kappa shape index (κ2) is 4.67. The molecule has 0 aromatic carbocycles. The molecule has 0 aliphatic heterocycles. The van der Waals surface area contributed by atoms with Crippen molar-refractivity contribution in [2.75, 3.05) is 13.1 Å². The molecular formula is C9H14F3N3. The highest BCUT2D eigenvalue weighted by atomic mass is 19.4. The molecule has 15 heavy (non-hydrogen) atoms. The Morgan fingerprint density at radius 1 is 1.53 bits per heavy atom. The van der Waals surface area contributed by atoms with E-state index in [1.165, 1.54) is 6.20 Å². The van der Waals surface area contributed by atoms with Crippen molar-refractivity contribution in [1.82, 2.24) is 10.3 Å². The van der Waals surface area contributed by atoms with Crippen molar-refractivity contribution in [3.05, 3.63) is 23.5 Å². The van der Waals surface area contributed by atoms with Crippen molar-refractivity contribution in [3.63, 3.8) is 0 Å². The lowest BCUT2D eigenvalue weighted by Gasteiger charge is -2.10. The van der Waals surface area contributed by atoms with Gasteiger partial charge in [0.1, 0.15) is 5.69 Å². The van der Waals surface area contributed by atoms with Crippen LogP contribution >= 0.6 is 0 Å². The first-order valence-electron chi connectivity index (χ1n) is 4.64. The van der Waals surface area contributed by atoms with Gasteiger partial charge in [0.15, 0.2) is 0 Å². The molecule has 86 valence electrons. The van der Waals surface area contributed by atoms with Crippen LogP contribution in [0.15, 0.2) is 12.3 Å². The highest BCUT2D eigenvalue weighted by molar-refractivity contribution is 5.21. The minimum absolute atomic E-state index is 0.138. The lowest BCUT2D eigenvalue weighted by atomic mass is 10.1.